The number of carbonyl (C=O) groups is 1. The molecule has 3 N–H and O–H groups in total. The van der Waals surface area contributed by atoms with Crippen LogP contribution in [0, 0.1) is 0 Å². The van der Waals surface area contributed by atoms with Gasteiger partial charge < -0.3 is 20.3 Å². The van der Waals surface area contributed by atoms with Crippen LogP contribution in [0.15, 0.2) is 24.3 Å². The van der Waals surface area contributed by atoms with Crippen molar-refractivity contribution in [2.24, 2.45) is 0 Å². The molecule has 0 saturated carbocycles. The molecular formula is C16H27NO4. The van der Waals surface area contributed by atoms with Crippen molar-refractivity contribution in [3.63, 3.8) is 0 Å². The van der Waals surface area contributed by atoms with Gasteiger partial charge in [-0.1, -0.05) is 31.5 Å². The van der Waals surface area contributed by atoms with E-state index >= 15 is 0 Å². The first-order valence-corrected chi connectivity index (χ1v) is 7.14. The number of aromatic hydroxyl groups is 1. The van der Waals surface area contributed by atoms with Crippen molar-refractivity contribution in [1.82, 2.24) is 5.32 Å². The number of ether oxygens (including phenoxy) is 1. The minimum atomic E-state index is -0.511. The van der Waals surface area contributed by atoms with Gasteiger partial charge in [0.15, 0.2) is 0 Å². The van der Waals surface area contributed by atoms with Crippen LogP contribution in [0.5, 0.6) is 5.75 Å². The SMILES string of the molecule is CC(C)(C)OC(=O)NCc1ccccc1O.CCCCO. The van der Waals surface area contributed by atoms with Crippen molar-refractivity contribution in [2.45, 2.75) is 52.7 Å². The Morgan fingerprint density at radius 1 is 1.29 bits per heavy atom. The lowest BCUT2D eigenvalue weighted by Gasteiger charge is -2.19. The highest BCUT2D eigenvalue weighted by Crippen LogP contribution is 2.15. The molecule has 0 atom stereocenters. The summed E-state index contributed by atoms with van der Waals surface area (Å²) >= 11 is 0. The molecule has 0 spiro atoms. The summed E-state index contributed by atoms with van der Waals surface area (Å²) in [4.78, 5) is 11.3. The van der Waals surface area contributed by atoms with Crippen LogP contribution in [-0.2, 0) is 11.3 Å². The number of hydrogen-bond donors (Lipinski definition) is 3. The second-order valence-electron chi connectivity index (χ2n) is 5.56. The highest BCUT2D eigenvalue weighted by molar-refractivity contribution is 5.67. The van der Waals surface area contributed by atoms with Crippen molar-refractivity contribution in [3.05, 3.63) is 29.8 Å². The Morgan fingerprint density at radius 2 is 1.90 bits per heavy atom. The van der Waals surface area contributed by atoms with Gasteiger partial charge in [0.25, 0.3) is 0 Å². The predicted octanol–water partition coefficient (Wildman–Crippen LogP) is 3.20. The molecule has 0 aliphatic rings. The van der Waals surface area contributed by atoms with Gasteiger partial charge in [0.2, 0.25) is 0 Å². The van der Waals surface area contributed by atoms with Gasteiger partial charge >= 0.3 is 6.09 Å². The lowest BCUT2D eigenvalue weighted by molar-refractivity contribution is 0.0523. The number of hydrogen-bond acceptors (Lipinski definition) is 4. The molecule has 1 aromatic rings. The molecule has 21 heavy (non-hydrogen) atoms. The molecule has 1 amide bonds. The number of alkyl carbamates (subject to hydrolysis) is 1. The van der Waals surface area contributed by atoms with Crippen molar-refractivity contribution in [3.8, 4) is 5.75 Å². The van der Waals surface area contributed by atoms with Gasteiger partial charge in [-0.15, -0.1) is 0 Å². The number of nitrogens with one attached hydrogen (secondary N) is 1. The van der Waals surface area contributed by atoms with Crippen molar-refractivity contribution in [2.75, 3.05) is 6.61 Å². The van der Waals surface area contributed by atoms with Crippen LogP contribution in [0.25, 0.3) is 0 Å². The number of para-hydroxylation sites is 1. The van der Waals surface area contributed by atoms with Crippen LogP contribution in [0.1, 0.15) is 46.1 Å². The number of benzene rings is 1. The number of carbonyl (C=O) groups excluding carboxylic acids is 1. The number of phenols is 1. The number of aliphatic hydroxyl groups is 1. The Bertz CT molecular complexity index is 411. The Balaban J connectivity index is 0.000000690. The molecule has 0 radical (unpaired) electrons. The quantitative estimate of drug-likeness (QED) is 0.797. The van der Waals surface area contributed by atoms with Gasteiger partial charge in [-0.25, -0.2) is 4.79 Å². The average molecular weight is 297 g/mol. The summed E-state index contributed by atoms with van der Waals surface area (Å²) in [7, 11) is 0. The summed E-state index contributed by atoms with van der Waals surface area (Å²) in [5, 5.41) is 20.1. The van der Waals surface area contributed by atoms with Gasteiger partial charge in [-0.05, 0) is 33.3 Å². The van der Waals surface area contributed by atoms with E-state index < -0.39 is 11.7 Å². The van der Waals surface area contributed by atoms with E-state index in [0.717, 1.165) is 12.8 Å². The first-order chi connectivity index (χ1) is 9.80. The van der Waals surface area contributed by atoms with Crippen molar-refractivity contribution >= 4 is 6.09 Å². The number of aliphatic hydroxyl groups excluding tert-OH is 1. The van der Waals surface area contributed by atoms with E-state index in [-0.39, 0.29) is 12.3 Å². The molecule has 0 heterocycles. The first kappa shape index (κ1) is 19.2. The average Bonchev–Trinajstić information content (AvgIpc) is 2.37. The molecule has 120 valence electrons. The van der Waals surface area contributed by atoms with Crippen LogP contribution in [0.3, 0.4) is 0 Å². The molecule has 0 aliphatic heterocycles. The summed E-state index contributed by atoms with van der Waals surface area (Å²) < 4.78 is 5.07. The highest BCUT2D eigenvalue weighted by atomic mass is 16.6. The largest absolute Gasteiger partial charge is 0.508 e. The molecule has 0 aromatic heterocycles. The smallest absolute Gasteiger partial charge is 0.407 e. The Kier molecular flexibility index (Phi) is 9.21. The first-order valence-electron chi connectivity index (χ1n) is 7.14. The Morgan fingerprint density at radius 3 is 2.33 bits per heavy atom. The molecule has 5 heteroatoms. The molecule has 1 aromatic carbocycles. The second kappa shape index (κ2) is 10.0. The third-order valence-corrected chi connectivity index (χ3v) is 2.33. The molecule has 0 bridgehead atoms. The fourth-order valence-electron chi connectivity index (χ4n) is 1.30. The molecule has 5 nitrogen and oxygen atoms in total. The predicted molar refractivity (Wildman–Crippen MR) is 83.2 cm³/mol. The third kappa shape index (κ3) is 10.7. The molecule has 0 aliphatic carbocycles. The minimum absolute atomic E-state index is 0.165. The maximum absolute atomic E-state index is 11.3. The van der Waals surface area contributed by atoms with E-state index in [1.807, 2.05) is 0 Å². The fourth-order valence-corrected chi connectivity index (χ4v) is 1.30. The van der Waals surface area contributed by atoms with Crippen LogP contribution >= 0.6 is 0 Å². The molecule has 0 saturated heterocycles. The van der Waals surface area contributed by atoms with E-state index in [0.29, 0.717) is 12.2 Å². The summed E-state index contributed by atoms with van der Waals surface area (Å²) in [6.07, 6.45) is 1.55. The van der Waals surface area contributed by atoms with Gasteiger partial charge in [0.1, 0.15) is 11.4 Å². The zero-order valence-electron chi connectivity index (χ0n) is 13.3. The molecule has 1 rings (SSSR count). The van der Waals surface area contributed by atoms with E-state index in [9.17, 15) is 9.90 Å². The maximum Gasteiger partial charge on any atom is 0.407 e. The standard InChI is InChI=1S/C12H17NO3.C4H10O/c1-12(2,3)16-11(15)13-8-9-6-4-5-7-10(9)14;1-2-3-4-5/h4-7,14H,8H2,1-3H3,(H,13,15);5H,2-4H2,1H3. The summed E-state index contributed by atoms with van der Waals surface area (Å²) in [5.41, 5.74) is 0.149. The monoisotopic (exact) mass is 297 g/mol. The van der Waals surface area contributed by atoms with E-state index in [1.54, 1.807) is 45.0 Å². The van der Waals surface area contributed by atoms with Crippen LogP contribution in [-0.4, -0.2) is 28.5 Å². The minimum Gasteiger partial charge on any atom is -0.508 e. The normalized spacial score (nSPS) is 10.3. The molecular weight excluding hydrogens is 270 g/mol. The summed E-state index contributed by atoms with van der Waals surface area (Å²) in [6.45, 7) is 8.04. The van der Waals surface area contributed by atoms with Crippen LogP contribution in [0.4, 0.5) is 4.79 Å². The fraction of sp³-hybridized carbons (Fsp3) is 0.562. The van der Waals surface area contributed by atoms with Crippen LogP contribution < -0.4 is 5.32 Å². The Labute approximate surface area is 127 Å². The maximum atomic E-state index is 11.3. The van der Waals surface area contributed by atoms with Crippen molar-refractivity contribution < 1.29 is 19.7 Å². The van der Waals surface area contributed by atoms with E-state index in [1.165, 1.54) is 0 Å². The summed E-state index contributed by atoms with van der Waals surface area (Å²) in [6, 6.07) is 6.84. The number of rotatable bonds is 4. The van der Waals surface area contributed by atoms with Gasteiger partial charge in [-0.2, -0.15) is 0 Å². The topological polar surface area (TPSA) is 78.8 Å². The number of unbranched alkanes of at least 4 members (excludes halogenated alkanes) is 1. The zero-order chi connectivity index (χ0) is 16.3. The Hall–Kier alpha value is -1.75. The second-order valence-corrected chi connectivity index (χ2v) is 5.56. The number of phenolic OH excluding ortho intramolecular Hbond substituents is 1. The van der Waals surface area contributed by atoms with Crippen LogP contribution in [0.2, 0.25) is 0 Å². The molecule has 0 unspecified atom stereocenters. The van der Waals surface area contributed by atoms with Gasteiger partial charge in [-0.3, -0.25) is 0 Å². The lowest BCUT2D eigenvalue weighted by Crippen LogP contribution is -2.32. The zero-order valence-corrected chi connectivity index (χ0v) is 13.3. The summed E-state index contributed by atoms with van der Waals surface area (Å²) in [5.74, 6) is 0.165. The molecule has 0 fully saturated rings. The van der Waals surface area contributed by atoms with E-state index in [4.69, 9.17) is 9.84 Å². The van der Waals surface area contributed by atoms with Gasteiger partial charge in [0, 0.05) is 18.7 Å². The number of amides is 1. The third-order valence-electron chi connectivity index (χ3n) is 2.33. The highest BCUT2D eigenvalue weighted by Gasteiger charge is 2.15. The lowest BCUT2D eigenvalue weighted by atomic mass is 10.2. The van der Waals surface area contributed by atoms with E-state index in [2.05, 4.69) is 12.2 Å². The van der Waals surface area contributed by atoms with Gasteiger partial charge in [0.05, 0.1) is 0 Å². The van der Waals surface area contributed by atoms with Crippen molar-refractivity contribution in [1.29, 1.82) is 0 Å².